The molecule has 1 aromatic heterocycles. The highest BCUT2D eigenvalue weighted by Gasteiger charge is 2.35. The van der Waals surface area contributed by atoms with Gasteiger partial charge in [-0.05, 0) is 43.9 Å². The highest BCUT2D eigenvalue weighted by Crippen LogP contribution is 2.23. The van der Waals surface area contributed by atoms with Gasteiger partial charge in [-0.1, -0.05) is 13.0 Å². The zero-order valence-electron chi connectivity index (χ0n) is 13.3. The SMILES string of the molecule is CC(=O)C1CCCN1C(=O)C(=O)c1ccc(/C=C/C(C)CO)s1. The Morgan fingerprint density at radius 3 is 2.83 bits per heavy atom. The van der Waals surface area contributed by atoms with Crippen molar-refractivity contribution in [3.8, 4) is 0 Å². The number of carbonyl (C=O) groups excluding carboxylic acids is 3. The first-order chi connectivity index (χ1) is 10.9. The minimum absolute atomic E-state index is 0.0406. The van der Waals surface area contributed by atoms with Crippen LogP contribution in [0.4, 0.5) is 0 Å². The second kappa shape index (κ2) is 7.66. The monoisotopic (exact) mass is 335 g/mol. The zero-order chi connectivity index (χ0) is 17.0. The van der Waals surface area contributed by atoms with Gasteiger partial charge in [-0.25, -0.2) is 0 Å². The summed E-state index contributed by atoms with van der Waals surface area (Å²) >= 11 is 1.24. The highest BCUT2D eigenvalue weighted by atomic mass is 32.1. The molecule has 5 nitrogen and oxygen atoms in total. The van der Waals surface area contributed by atoms with Gasteiger partial charge in [0, 0.05) is 18.0 Å². The number of aliphatic hydroxyl groups excluding tert-OH is 1. The van der Waals surface area contributed by atoms with Crippen molar-refractivity contribution in [2.24, 2.45) is 5.92 Å². The summed E-state index contributed by atoms with van der Waals surface area (Å²) in [6, 6.07) is 2.95. The number of nitrogens with zero attached hydrogens (tertiary/aromatic N) is 1. The van der Waals surface area contributed by atoms with E-state index in [1.165, 1.54) is 23.2 Å². The summed E-state index contributed by atoms with van der Waals surface area (Å²) in [6.07, 6.45) is 5.07. The van der Waals surface area contributed by atoms with Gasteiger partial charge in [-0.2, -0.15) is 0 Å². The van der Waals surface area contributed by atoms with E-state index in [1.54, 1.807) is 12.1 Å². The molecular formula is C17H21NO4S. The molecule has 2 rings (SSSR count). The van der Waals surface area contributed by atoms with Crippen molar-refractivity contribution in [3.05, 3.63) is 28.0 Å². The average Bonchev–Trinajstić information content (AvgIpc) is 3.19. The van der Waals surface area contributed by atoms with Crippen molar-refractivity contribution in [1.29, 1.82) is 0 Å². The van der Waals surface area contributed by atoms with Gasteiger partial charge < -0.3 is 10.0 Å². The Labute approximate surface area is 139 Å². The molecule has 2 heterocycles. The number of hydrogen-bond donors (Lipinski definition) is 1. The maximum Gasteiger partial charge on any atom is 0.296 e. The third-order valence-electron chi connectivity index (χ3n) is 3.90. The largest absolute Gasteiger partial charge is 0.396 e. The molecule has 0 bridgehead atoms. The van der Waals surface area contributed by atoms with Crippen LogP contribution in [-0.2, 0) is 9.59 Å². The molecule has 2 atom stereocenters. The molecule has 124 valence electrons. The van der Waals surface area contributed by atoms with Gasteiger partial charge >= 0.3 is 0 Å². The summed E-state index contributed by atoms with van der Waals surface area (Å²) in [5.74, 6) is -1.18. The van der Waals surface area contributed by atoms with Gasteiger partial charge in [0.2, 0.25) is 0 Å². The molecule has 6 heteroatoms. The van der Waals surface area contributed by atoms with Crippen molar-refractivity contribution < 1.29 is 19.5 Å². The molecule has 0 aliphatic carbocycles. The van der Waals surface area contributed by atoms with Crippen molar-refractivity contribution >= 4 is 34.9 Å². The minimum atomic E-state index is -0.594. The smallest absolute Gasteiger partial charge is 0.296 e. The van der Waals surface area contributed by atoms with E-state index in [9.17, 15) is 14.4 Å². The summed E-state index contributed by atoms with van der Waals surface area (Å²) in [6.45, 7) is 3.86. The maximum atomic E-state index is 12.4. The Morgan fingerprint density at radius 1 is 1.43 bits per heavy atom. The van der Waals surface area contributed by atoms with Crippen molar-refractivity contribution in [2.75, 3.05) is 13.2 Å². The molecule has 1 aliphatic rings. The quantitative estimate of drug-likeness (QED) is 0.638. The number of thiophene rings is 1. The summed E-state index contributed by atoms with van der Waals surface area (Å²) in [4.78, 5) is 38.9. The molecule has 1 amide bonds. The van der Waals surface area contributed by atoms with Crippen LogP contribution in [0.15, 0.2) is 18.2 Å². The number of aliphatic hydroxyl groups is 1. The Bertz CT molecular complexity index is 634. The predicted octanol–water partition coefficient (Wildman–Crippen LogP) is 2.15. The summed E-state index contributed by atoms with van der Waals surface area (Å²) < 4.78 is 0. The molecule has 0 radical (unpaired) electrons. The predicted molar refractivity (Wildman–Crippen MR) is 89.3 cm³/mol. The number of Topliss-reactive ketones (excluding diaryl/α,β-unsaturated/α-hetero) is 2. The lowest BCUT2D eigenvalue weighted by Gasteiger charge is -2.21. The van der Waals surface area contributed by atoms with Crippen LogP contribution in [0.1, 0.15) is 41.2 Å². The van der Waals surface area contributed by atoms with Crippen LogP contribution < -0.4 is 0 Å². The number of ketones is 2. The molecule has 1 fully saturated rings. The summed E-state index contributed by atoms with van der Waals surface area (Å²) in [7, 11) is 0. The van der Waals surface area contributed by atoms with Crippen molar-refractivity contribution in [2.45, 2.75) is 32.7 Å². The van der Waals surface area contributed by atoms with E-state index in [4.69, 9.17) is 5.11 Å². The first-order valence-electron chi connectivity index (χ1n) is 7.68. The number of rotatable bonds is 6. The lowest BCUT2D eigenvalue weighted by atomic mass is 10.1. The van der Waals surface area contributed by atoms with E-state index in [0.29, 0.717) is 17.8 Å². The molecule has 0 aromatic carbocycles. The van der Waals surface area contributed by atoms with E-state index in [-0.39, 0.29) is 18.3 Å². The molecule has 23 heavy (non-hydrogen) atoms. The van der Waals surface area contributed by atoms with Crippen LogP contribution in [-0.4, -0.2) is 46.7 Å². The Balaban J connectivity index is 2.08. The molecule has 1 N–H and O–H groups in total. The second-order valence-corrected chi connectivity index (χ2v) is 6.93. The van der Waals surface area contributed by atoms with Gasteiger partial charge in [0.05, 0.1) is 10.9 Å². The number of hydrogen-bond acceptors (Lipinski definition) is 5. The Morgan fingerprint density at radius 2 is 2.17 bits per heavy atom. The normalized spacial score (nSPS) is 19.3. The van der Waals surface area contributed by atoms with E-state index < -0.39 is 17.7 Å². The Hall–Kier alpha value is -1.79. The minimum Gasteiger partial charge on any atom is -0.396 e. The molecular weight excluding hydrogens is 314 g/mol. The molecule has 1 aromatic rings. The van der Waals surface area contributed by atoms with Crippen LogP contribution in [0.5, 0.6) is 0 Å². The lowest BCUT2D eigenvalue weighted by Crippen LogP contribution is -2.43. The molecule has 1 aliphatic heterocycles. The first-order valence-corrected chi connectivity index (χ1v) is 8.50. The highest BCUT2D eigenvalue weighted by molar-refractivity contribution is 7.15. The van der Waals surface area contributed by atoms with E-state index in [1.807, 2.05) is 19.1 Å². The number of carbonyl (C=O) groups is 3. The average molecular weight is 335 g/mol. The molecule has 2 unspecified atom stereocenters. The fraction of sp³-hybridized carbons (Fsp3) is 0.471. The van der Waals surface area contributed by atoms with Gasteiger partial charge in [0.25, 0.3) is 11.7 Å². The van der Waals surface area contributed by atoms with Crippen LogP contribution in [0, 0.1) is 5.92 Å². The number of amides is 1. The number of likely N-dealkylation sites (tertiary alicyclic amines) is 1. The van der Waals surface area contributed by atoms with Crippen LogP contribution >= 0.6 is 11.3 Å². The topological polar surface area (TPSA) is 74.7 Å². The maximum absolute atomic E-state index is 12.4. The summed E-state index contributed by atoms with van der Waals surface area (Å²) in [5.41, 5.74) is 0. The van der Waals surface area contributed by atoms with Gasteiger partial charge in [-0.15, -0.1) is 11.3 Å². The standard InChI is InChI=1S/C17H21NO4S/c1-11(10-19)5-6-13-7-8-15(23-13)16(21)17(22)18-9-3-4-14(18)12(2)20/h5-8,11,14,19H,3-4,9-10H2,1-2H3/b6-5+. The van der Waals surface area contributed by atoms with Gasteiger partial charge in [0.1, 0.15) is 0 Å². The second-order valence-electron chi connectivity index (χ2n) is 5.82. The fourth-order valence-corrected chi connectivity index (χ4v) is 3.41. The van der Waals surface area contributed by atoms with Crippen molar-refractivity contribution in [1.82, 2.24) is 4.90 Å². The van der Waals surface area contributed by atoms with Gasteiger partial charge in [0.15, 0.2) is 5.78 Å². The van der Waals surface area contributed by atoms with Crippen LogP contribution in [0.2, 0.25) is 0 Å². The molecule has 1 saturated heterocycles. The fourth-order valence-electron chi connectivity index (χ4n) is 2.55. The zero-order valence-corrected chi connectivity index (χ0v) is 14.1. The lowest BCUT2D eigenvalue weighted by molar-refractivity contribution is -0.133. The first kappa shape index (κ1) is 17.6. The molecule has 0 saturated carbocycles. The van der Waals surface area contributed by atoms with E-state index in [2.05, 4.69) is 0 Å². The van der Waals surface area contributed by atoms with Crippen LogP contribution in [0.25, 0.3) is 6.08 Å². The third kappa shape index (κ3) is 4.14. The third-order valence-corrected chi connectivity index (χ3v) is 4.95. The summed E-state index contributed by atoms with van der Waals surface area (Å²) in [5, 5.41) is 8.99. The van der Waals surface area contributed by atoms with E-state index in [0.717, 1.165) is 11.3 Å². The van der Waals surface area contributed by atoms with Gasteiger partial charge in [-0.3, -0.25) is 14.4 Å². The van der Waals surface area contributed by atoms with E-state index >= 15 is 0 Å². The Kier molecular flexibility index (Phi) is 5.85. The van der Waals surface area contributed by atoms with Crippen LogP contribution in [0.3, 0.4) is 0 Å². The van der Waals surface area contributed by atoms with Crippen molar-refractivity contribution in [3.63, 3.8) is 0 Å². The molecule has 0 spiro atoms.